The maximum atomic E-state index is 13.5. The summed E-state index contributed by atoms with van der Waals surface area (Å²) in [5, 5.41) is 10.0. The highest BCUT2D eigenvalue weighted by Crippen LogP contribution is 2.25. The largest absolute Gasteiger partial charge is 0.388 e. The minimum absolute atomic E-state index is 0.312. The molecule has 0 aromatic heterocycles. The molecule has 2 rings (SSSR count). The molecule has 1 saturated heterocycles. The second-order valence-electron chi connectivity index (χ2n) is 5.51. The van der Waals surface area contributed by atoms with Gasteiger partial charge in [0.1, 0.15) is 5.82 Å². The van der Waals surface area contributed by atoms with Crippen LogP contribution in [0.15, 0.2) is 24.3 Å². The molecule has 0 aliphatic carbocycles. The van der Waals surface area contributed by atoms with Crippen LogP contribution in [0.3, 0.4) is 0 Å². The number of aliphatic hydroxyl groups excluding tert-OH is 1. The van der Waals surface area contributed by atoms with Crippen molar-refractivity contribution in [2.45, 2.75) is 38.8 Å². The van der Waals surface area contributed by atoms with E-state index in [0.717, 1.165) is 19.0 Å². The molecule has 1 heterocycles. The molecule has 0 radical (unpaired) electrons. The Labute approximate surface area is 108 Å². The Kier molecular flexibility index (Phi) is 4.36. The predicted molar refractivity (Wildman–Crippen MR) is 70.8 cm³/mol. The fourth-order valence-corrected chi connectivity index (χ4v) is 2.89. The third-order valence-corrected chi connectivity index (χ3v) is 3.87. The summed E-state index contributed by atoms with van der Waals surface area (Å²) < 4.78 is 13.5. The van der Waals surface area contributed by atoms with Crippen LogP contribution in [0.4, 0.5) is 4.39 Å². The number of benzene rings is 1. The summed E-state index contributed by atoms with van der Waals surface area (Å²) >= 11 is 0. The first kappa shape index (κ1) is 13.5. The van der Waals surface area contributed by atoms with E-state index in [0.29, 0.717) is 18.0 Å². The zero-order valence-electron chi connectivity index (χ0n) is 11.1. The molecule has 100 valence electrons. The van der Waals surface area contributed by atoms with E-state index in [4.69, 9.17) is 0 Å². The van der Waals surface area contributed by atoms with Crippen molar-refractivity contribution in [3.63, 3.8) is 0 Å². The van der Waals surface area contributed by atoms with Crippen LogP contribution >= 0.6 is 0 Å². The van der Waals surface area contributed by atoms with Crippen molar-refractivity contribution >= 4 is 0 Å². The molecule has 1 aliphatic heterocycles. The van der Waals surface area contributed by atoms with Crippen LogP contribution in [-0.2, 0) is 0 Å². The Balaban J connectivity index is 1.89. The van der Waals surface area contributed by atoms with Crippen molar-refractivity contribution in [3.8, 4) is 0 Å². The molecule has 0 bridgehead atoms. The topological polar surface area (TPSA) is 23.5 Å². The average Bonchev–Trinajstić information content (AvgIpc) is 2.65. The molecular formula is C15H22FNO. The first-order chi connectivity index (χ1) is 8.58. The second kappa shape index (κ2) is 5.81. The fourth-order valence-electron chi connectivity index (χ4n) is 2.89. The first-order valence-corrected chi connectivity index (χ1v) is 6.74. The Morgan fingerprint density at radius 1 is 1.39 bits per heavy atom. The monoisotopic (exact) mass is 251 g/mol. The number of hydrogen-bond acceptors (Lipinski definition) is 2. The zero-order valence-corrected chi connectivity index (χ0v) is 11.1. The van der Waals surface area contributed by atoms with Gasteiger partial charge in [-0.15, -0.1) is 0 Å². The summed E-state index contributed by atoms with van der Waals surface area (Å²) in [6, 6.07) is 7.06. The number of aliphatic hydroxyl groups is 1. The molecule has 1 aliphatic rings. The van der Waals surface area contributed by atoms with Gasteiger partial charge in [-0.3, -0.25) is 0 Å². The molecule has 0 spiro atoms. The summed E-state index contributed by atoms with van der Waals surface area (Å²) in [6.45, 7) is 6.40. The van der Waals surface area contributed by atoms with Gasteiger partial charge >= 0.3 is 0 Å². The van der Waals surface area contributed by atoms with E-state index in [2.05, 4.69) is 18.7 Å². The van der Waals surface area contributed by atoms with E-state index in [1.165, 1.54) is 12.5 Å². The Bertz CT molecular complexity index is 396. The van der Waals surface area contributed by atoms with Gasteiger partial charge in [-0.25, -0.2) is 4.39 Å². The highest BCUT2D eigenvalue weighted by Gasteiger charge is 2.26. The molecule has 0 saturated carbocycles. The van der Waals surface area contributed by atoms with Gasteiger partial charge in [0, 0.05) is 24.7 Å². The molecule has 1 fully saturated rings. The molecule has 1 aromatic carbocycles. The average molecular weight is 251 g/mol. The van der Waals surface area contributed by atoms with Gasteiger partial charge in [-0.05, 0) is 31.7 Å². The van der Waals surface area contributed by atoms with Gasteiger partial charge in [-0.1, -0.05) is 25.1 Å². The lowest BCUT2D eigenvalue weighted by atomic mass is 10.1. The standard InChI is InChI=1S/C15H22FNO/c1-11-9-12(2)17(10-11)8-7-15(18)13-5-3-4-6-14(13)16/h3-6,11-12,15,18H,7-10H2,1-2H3. The summed E-state index contributed by atoms with van der Waals surface area (Å²) in [5.74, 6) is 0.415. The number of nitrogens with zero attached hydrogens (tertiary/aromatic N) is 1. The van der Waals surface area contributed by atoms with Crippen LogP contribution in [0.1, 0.15) is 38.4 Å². The molecule has 2 nitrogen and oxygen atoms in total. The van der Waals surface area contributed by atoms with Crippen molar-refractivity contribution < 1.29 is 9.50 Å². The van der Waals surface area contributed by atoms with Gasteiger partial charge in [0.05, 0.1) is 6.10 Å². The summed E-state index contributed by atoms with van der Waals surface area (Å²) in [6.07, 6.45) is 1.11. The minimum Gasteiger partial charge on any atom is -0.388 e. The van der Waals surface area contributed by atoms with E-state index in [1.807, 2.05) is 0 Å². The Hall–Kier alpha value is -0.930. The normalized spacial score (nSPS) is 26.4. The van der Waals surface area contributed by atoms with Crippen LogP contribution in [0.2, 0.25) is 0 Å². The zero-order chi connectivity index (χ0) is 13.1. The molecule has 18 heavy (non-hydrogen) atoms. The second-order valence-corrected chi connectivity index (χ2v) is 5.51. The number of hydrogen-bond donors (Lipinski definition) is 1. The lowest BCUT2D eigenvalue weighted by Gasteiger charge is -2.22. The van der Waals surface area contributed by atoms with Crippen molar-refractivity contribution in [1.29, 1.82) is 0 Å². The smallest absolute Gasteiger partial charge is 0.128 e. The van der Waals surface area contributed by atoms with E-state index in [-0.39, 0.29) is 5.82 Å². The highest BCUT2D eigenvalue weighted by atomic mass is 19.1. The maximum absolute atomic E-state index is 13.5. The van der Waals surface area contributed by atoms with Crippen molar-refractivity contribution in [3.05, 3.63) is 35.6 Å². The molecule has 3 heteroatoms. The van der Waals surface area contributed by atoms with E-state index >= 15 is 0 Å². The molecular weight excluding hydrogens is 229 g/mol. The van der Waals surface area contributed by atoms with Crippen LogP contribution in [-0.4, -0.2) is 29.1 Å². The molecule has 1 N–H and O–H groups in total. The van der Waals surface area contributed by atoms with Crippen LogP contribution in [0.5, 0.6) is 0 Å². The third-order valence-electron chi connectivity index (χ3n) is 3.87. The highest BCUT2D eigenvalue weighted by molar-refractivity contribution is 5.19. The lowest BCUT2D eigenvalue weighted by Crippen LogP contribution is -2.29. The van der Waals surface area contributed by atoms with E-state index in [9.17, 15) is 9.50 Å². The molecule has 1 aromatic rings. The number of likely N-dealkylation sites (tertiary alicyclic amines) is 1. The van der Waals surface area contributed by atoms with Gasteiger partial charge in [0.25, 0.3) is 0 Å². The molecule has 0 amide bonds. The molecule has 3 atom stereocenters. The van der Waals surface area contributed by atoms with Crippen molar-refractivity contribution in [2.75, 3.05) is 13.1 Å². The summed E-state index contributed by atoms with van der Waals surface area (Å²) in [5.41, 5.74) is 0.414. The number of halogens is 1. The third kappa shape index (κ3) is 3.09. The van der Waals surface area contributed by atoms with Crippen molar-refractivity contribution in [1.82, 2.24) is 4.90 Å². The van der Waals surface area contributed by atoms with Crippen LogP contribution in [0.25, 0.3) is 0 Å². The van der Waals surface area contributed by atoms with Gasteiger partial charge in [-0.2, -0.15) is 0 Å². The van der Waals surface area contributed by atoms with Gasteiger partial charge in [0.2, 0.25) is 0 Å². The first-order valence-electron chi connectivity index (χ1n) is 6.74. The lowest BCUT2D eigenvalue weighted by molar-refractivity contribution is 0.136. The summed E-state index contributed by atoms with van der Waals surface area (Å²) in [4.78, 5) is 2.38. The van der Waals surface area contributed by atoms with Gasteiger partial charge in [0.15, 0.2) is 0 Å². The van der Waals surface area contributed by atoms with Crippen molar-refractivity contribution in [2.24, 2.45) is 5.92 Å². The van der Waals surface area contributed by atoms with Crippen LogP contribution < -0.4 is 0 Å². The van der Waals surface area contributed by atoms with E-state index < -0.39 is 6.10 Å². The number of rotatable bonds is 4. The fraction of sp³-hybridized carbons (Fsp3) is 0.600. The molecule has 3 unspecified atom stereocenters. The quantitative estimate of drug-likeness (QED) is 0.889. The van der Waals surface area contributed by atoms with Gasteiger partial charge < -0.3 is 10.0 Å². The maximum Gasteiger partial charge on any atom is 0.128 e. The minimum atomic E-state index is -0.700. The Morgan fingerprint density at radius 3 is 2.72 bits per heavy atom. The predicted octanol–water partition coefficient (Wildman–Crippen LogP) is 2.98. The SMILES string of the molecule is CC1CC(C)N(CCC(O)c2ccccc2F)C1. The Morgan fingerprint density at radius 2 is 2.11 bits per heavy atom. The summed E-state index contributed by atoms with van der Waals surface area (Å²) in [7, 11) is 0. The van der Waals surface area contributed by atoms with E-state index in [1.54, 1.807) is 18.2 Å². The van der Waals surface area contributed by atoms with Crippen LogP contribution in [0, 0.1) is 11.7 Å².